The number of rotatable bonds is 3. The van der Waals surface area contributed by atoms with Crippen LogP contribution in [0.2, 0.25) is 0 Å². The molecule has 4 heteroatoms. The van der Waals surface area contributed by atoms with E-state index in [1.54, 1.807) is 0 Å². The molecule has 0 unspecified atom stereocenters. The lowest BCUT2D eigenvalue weighted by Crippen LogP contribution is -2.35. The number of aromatic amines is 1. The van der Waals surface area contributed by atoms with Crippen molar-refractivity contribution in [2.75, 3.05) is 26.3 Å². The summed E-state index contributed by atoms with van der Waals surface area (Å²) in [6, 6.07) is 6.42. The number of benzene rings is 1. The Labute approximate surface area is 107 Å². The predicted octanol–water partition coefficient (Wildman–Crippen LogP) is 1.46. The largest absolute Gasteiger partial charge is 0.379 e. The Hall–Kier alpha value is -1.36. The van der Waals surface area contributed by atoms with Crippen LogP contribution in [0.5, 0.6) is 0 Å². The molecule has 4 nitrogen and oxygen atoms in total. The highest BCUT2D eigenvalue weighted by Crippen LogP contribution is 2.21. The number of nitrogens with zero attached hydrogens (tertiary/aromatic N) is 1. The van der Waals surface area contributed by atoms with E-state index < -0.39 is 0 Å². The number of nitrogens with two attached hydrogens (primary N) is 1. The van der Waals surface area contributed by atoms with Crippen LogP contribution in [0.3, 0.4) is 0 Å². The van der Waals surface area contributed by atoms with Gasteiger partial charge in [0.25, 0.3) is 0 Å². The van der Waals surface area contributed by atoms with Gasteiger partial charge in [0.2, 0.25) is 0 Å². The number of fused-ring (bicyclic) bond motifs is 1. The Bertz CT molecular complexity index is 529. The van der Waals surface area contributed by atoms with Crippen molar-refractivity contribution in [1.82, 2.24) is 9.88 Å². The third-order valence-corrected chi connectivity index (χ3v) is 3.57. The first-order chi connectivity index (χ1) is 8.86. The molecule has 1 aliphatic heterocycles. The van der Waals surface area contributed by atoms with Crippen LogP contribution in [-0.2, 0) is 17.8 Å². The van der Waals surface area contributed by atoms with Gasteiger partial charge in [0.1, 0.15) is 0 Å². The molecular weight excluding hydrogens is 226 g/mol. The van der Waals surface area contributed by atoms with Crippen molar-refractivity contribution in [3.63, 3.8) is 0 Å². The second kappa shape index (κ2) is 5.10. The lowest BCUT2D eigenvalue weighted by atomic mass is 10.1. The SMILES string of the molecule is NCc1ccc2c(CN3CCOCC3)c[nH]c2c1. The van der Waals surface area contributed by atoms with E-state index in [0.717, 1.165) is 32.8 Å². The maximum Gasteiger partial charge on any atom is 0.0594 e. The fourth-order valence-electron chi connectivity index (χ4n) is 2.49. The van der Waals surface area contributed by atoms with Crippen molar-refractivity contribution in [3.05, 3.63) is 35.5 Å². The maximum absolute atomic E-state index is 5.66. The van der Waals surface area contributed by atoms with Crippen LogP contribution in [0.1, 0.15) is 11.1 Å². The number of H-pyrrole nitrogens is 1. The predicted molar refractivity (Wildman–Crippen MR) is 72.3 cm³/mol. The van der Waals surface area contributed by atoms with Gasteiger partial charge in [-0.2, -0.15) is 0 Å². The van der Waals surface area contributed by atoms with Crippen LogP contribution < -0.4 is 5.73 Å². The summed E-state index contributed by atoms with van der Waals surface area (Å²) in [7, 11) is 0. The van der Waals surface area contributed by atoms with Crippen LogP contribution in [-0.4, -0.2) is 36.2 Å². The molecule has 1 saturated heterocycles. The van der Waals surface area contributed by atoms with Gasteiger partial charge in [-0.3, -0.25) is 4.90 Å². The van der Waals surface area contributed by atoms with Crippen molar-refractivity contribution in [2.45, 2.75) is 13.1 Å². The second-order valence-electron chi connectivity index (χ2n) is 4.79. The minimum Gasteiger partial charge on any atom is -0.379 e. The molecule has 18 heavy (non-hydrogen) atoms. The summed E-state index contributed by atoms with van der Waals surface area (Å²) >= 11 is 0. The lowest BCUT2D eigenvalue weighted by Gasteiger charge is -2.26. The molecule has 0 aliphatic carbocycles. The van der Waals surface area contributed by atoms with Crippen molar-refractivity contribution in [2.24, 2.45) is 5.73 Å². The molecule has 1 aromatic carbocycles. The van der Waals surface area contributed by atoms with E-state index in [4.69, 9.17) is 10.5 Å². The van der Waals surface area contributed by atoms with Crippen molar-refractivity contribution < 1.29 is 4.74 Å². The average Bonchev–Trinajstić information content (AvgIpc) is 2.82. The minimum atomic E-state index is 0.591. The van der Waals surface area contributed by atoms with Crippen LogP contribution in [0.15, 0.2) is 24.4 Å². The molecule has 0 bridgehead atoms. The van der Waals surface area contributed by atoms with E-state index in [-0.39, 0.29) is 0 Å². The molecule has 0 amide bonds. The molecule has 1 aliphatic rings. The zero-order valence-electron chi connectivity index (χ0n) is 10.5. The average molecular weight is 245 g/mol. The molecule has 96 valence electrons. The van der Waals surface area contributed by atoms with Crippen LogP contribution >= 0.6 is 0 Å². The van der Waals surface area contributed by atoms with Gasteiger partial charge < -0.3 is 15.5 Å². The first-order valence-corrected chi connectivity index (χ1v) is 6.46. The van der Waals surface area contributed by atoms with E-state index in [9.17, 15) is 0 Å². The van der Waals surface area contributed by atoms with Crippen molar-refractivity contribution in [1.29, 1.82) is 0 Å². The van der Waals surface area contributed by atoms with Gasteiger partial charge in [0, 0.05) is 43.3 Å². The van der Waals surface area contributed by atoms with Crippen molar-refractivity contribution >= 4 is 10.9 Å². The zero-order chi connectivity index (χ0) is 12.4. The normalized spacial score (nSPS) is 17.4. The first-order valence-electron chi connectivity index (χ1n) is 6.46. The molecule has 1 aromatic heterocycles. The van der Waals surface area contributed by atoms with E-state index in [1.165, 1.54) is 22.0 Å². The number of morpholine rings is 1. The maximum atomic E-state index is 5.66. The summed E-state index contributed by atoms with van der Waals surface area (Å²) in [6.45, 7) is 5.32. The number of nitrogens with one attached hydrogen (secondary N) is 1. The van der Waals surface area contributed by atoms with E-state index >= 15 is 0 Å². The van der Waals surface area contributed by atoms with E-state index in [0.29, 0.717) is 6.54 Å². The highest BCUT2D eigenvalue weighted by atomic mass is 16.5. The minimum absolute atomic E-state index is 0.591. The molecule has 3 N–H and O–H groups in total. The first kappa shape index (κ1) is 11.7. The van der Waals surface area contributed by atoms with Gasteiger partial charge in [0.05, 0.1) is 13.2 Å². The van der Waals surface area contributed by atoms with Crippen LogP contribution in [0.4, 0.5) is 0 Å². The van der Waals surface area contributed by atoms with E-state index in [2.05, 4.69) is 34.3 Å². The molecule has 0 spiro atoms. The number of aromatic nitrogens is 1. The molecule has 0 saturated carbocycles. The fourth-order valence-corrected chi connectivity index (χ4v) is 2.49. The third-order valence-electron chi connectivity index (χ3n) is 3.57. The highest BCUT2D eigenvalue weighted by Gasteiger charge is 2.13. The molecule has 1 fully saturated rings. The number of hydrogen-bond acceptors (Lipinski definition) is 3. The smallest absolute Gasteiger partial charge is 0.0594 e. The second-order valence-corrected chi connectivity index (χ2v) is 4.79. The Morgan fingerprint density at radius 1 is 1.28 bits per heavy atom. The molecule has 0 atom stereocenters. The van der Waals surface area contributed by atoms with Crippen LogP contribution in [0, 0.1) is 0 Å². The standard InChI is InChI=1S/C14H19N3O/c15-8-11-1-2-13-12(9-16-14(13)7-11)10-17-3-5-18-6-4-17/h1-2,7,9,16H,3-6,8,10,15H2. The monoisotopic (exact) mass is 245 g/mol. The van der Waals surface area contributed by atoms with Gasteiger partial charge in [-0.1, -0.05) is 12.1 Å². The third kappa shape index (κ3) is 2.27. The quantitative estimate of drug-likeness (QED) is 0.860. The summed E-state index contributed by atoms with van der Waals surface area (Å²) in [6.07, 6.45) is 2.11. The Kier molecular flexibility index (Phi) is 3.32. The van der Waals surface area contributed by atoms with Crippen molar-refractivity contribution in [3.8, 4) is 0 Å². The fraction of sp³-hybridized carbons (Fsp3) is 0.429. The number of ether oxygens (including phenoxy) is 1. The summed E-state index contributed by atoms with van der Waals surface area (Å²) in [4.78, 5) is 5.77. The molecular formula is C14H19N3O. The summed E-state index contributed by atoms with van der Waals surface area (Å²) in [5.41, 5.74) is 9.37. The Morgan fingerprint density at radius 2 is 2.11 bits per heavy atom. The summed E-state index contributed by atoms with van der Waals surface area (Å²) in [5, 5.41) is 1.30. The Morgan fingerprint density at radius 3 is 2.89 bits per heavy atom. The van der Waals surface area contributed by atoms with Gasteiger partial charge in [-0.05, 0) is 17.2 Å². The molecule has 2 heterocycles. The topological polar surface area (TPSA) is 54.3 Å². The van der Waals surface area contributed by atoms with Gasteiger partial charge in [-0.15, -0.1) is 0 Å². The summed E-state index contributed by atoms with van der Waals surface area (Å²) < 4.78 is 5.37. The highest BCUT2D eigenvalue weighted by molar-refractivity contribution is 5.83. The lowest BCUT2D eigenvalue weighted by molar-refractivity contribution is 0.0343. The zero-order valence-corrected chi connectivity index (χ0v) is 10.5. The van der Waals surface area contributed by atoms with Gasteiger partial charge in [0.15, 0.2) is 0 Å². The summed E-state index contributed by atoms with van der Waals surface area (Å²) in [5.74, 6) is 0. The van der Waals surface area contributed by atoms with Crippen LogP contribution in [0.25, 0.3) is 10.9 Å². The van der Waals surface area contributed by atoms with E-state index in [1.807, 2.05) is 0 Å². The molecule has 3 rings (SSSR count). The molecule has 0 radical (unpaired) electrons. The van der Waals surface area contributed by atoms with Gasteiger partial charge in [-0.25, -0.2) is 0 Å². The Balaban J connectivity index is 1.83. The number of hydrogen-bond donors (Lipinski definition) is 2. The van der Waals surface area contributed by atoms with Gasteiger partial charge >= 0.3 is 0 Å². The molecule has 2 aromatic rings.